The zero-order valence-corrected chi connectivity index (χ0v) is 10.9. The van der Waals surface area contributed by atoms with Crippen LogP contribution in [0.2, 0.25) is 0 Å². The summed E-state index contributed by atoms with van der Waals surface area (Å²) in [5, 5.41) is 18.8. The van der Waals surface area contributed by atoms with Gasteiger partial charge in [0.15, 0.2) is 5.78 Å². The van der Waals surface area contributed by atoms with Crippen molar-refractivity contribution in [3.05, 3.63) is 35.4 Å². The Kier molecular flexibility index (Phi) is 4.00. The van der Waals surface area contributed by atoms with Gasteiger partial charge in [-0.1, -0.05) is 29.8 Å². The summed E-state index contributed by atoms with van der Waals surface area (Å²) >= 11 is 0. The summed E-state index contributed by atoms with van der Waals surface area (Å²) in [6.45, 7) is 1.94. The van der Waals surface area contributed by atoms with Crippen LogP contribution in [0.4, 0.5) is 0 Å². The van der Waals surface area contributed by atoms with E-state index in [1.807, 2.05) is 19.1 Å². The second-order valence-electron chi connectivity index (χ2n) is 5.25. The van der Waals surface area contributed by atoms with Crippen molar-refractivity contribution in [3.63, 3.8) is 0 Å². The van der Waals surface area contributed by atoms with Gasteiger partial charge in [-0.15, -0.1) is 0 Å². The first-order valence-electron chi connectivity index (χ1n) is 6.51. The van der Waals surface area contributed by atoms with E-state index in [-0.39, 0.29) is 12.2 Å². The number of rotatable bonds is 3. The van der Waals surface area contributed by atoms with Crippen molar-refractivity contribution in [1.82, 2.24) is 0 Å². The molecule has 3 atom stereocenters. The Bertz CT molecular complexity index is 477. The summed E-state index contributed by atoms with van der Waals surface area (Å²) in [5.41, 5.74) is 1.61. The minimum absolute atomic E-state index is 0.126. The monoisotopic (exact) mass is 262 g/mol. The van der Waals surface area contributed by atoms with Gasteiger partial charge in [0, 0.05) is 11.5 Å². The normalized spacial score (nSPS) is 26.9. The highest BCUT2D eigenvalue weighted by Crippen LogP contribution is 2.33. The van der Waals surface area contributed by atoms with Gasteiger partial charge in [-0.05, 0) is 26.2 Å². The second kappa shape index (κ2) is 5.53. The number of carbonyl (C=O) groups is 2. The lowest BCUT2D eigenvalue weighted by molar-refractivity contribution is -0.145. The number of carboxylic acid groups (broad SMARTS) is 1. The standard InChI is InChI=1S/C15H18O4/c1-9-2-4-10(5-3-9)14(17)12-7-6-11(16)8-13(12)15(18)19/h2-5,11-13,16H,6-8H2,1H3,(H,18,19)/t11-,12-,13-/m1/s1. The highest BCUT2D eigenvalue weighted by Gasteiger charge is 2.38. The Balaban J connectivity index is 2.21. The Hall–Kier alpha value is -1.68. The first kappa shape index (κ1) is 13.7. The van der Waals surface area contributed by atoms with Crippen LogP contribution in [0.1, 0.15) is 35.2 Å². The molecule has 1 aromatic carbocycles. The average molecular weight is 262 g/mol. The van der Waals surface area contributed by atoms with E-state index >= 15 is 0 Å². The van der Waals surface area contributed by atoms with Gasteiger partial charge in [0.2, 0.25) is 0 Å². The van der Waals surface area contributed by atoms with Crippen molar-refractivity contribution in [2.45, 2.75) is 32.3 Å². The van der Waals surface area contributed by atoms with Crippen molar-refractivity contribution >= 4 is 11.8 Å². The summed E-state index contributed by atoms with van der Waals surface area (Å²) in [6.07, 6.45) is 0.484. The second-order valence-corrected chi connectivity index (χ2v) is 5.25. The molecule has 4 heteroatoms. The highest BCUT2D eigenvalue weighted by atomic mass is 16.4. The molecule has 2 rings (SSSR count). The summed E-state index contributed by atoms with van der Waals surface area (Å²) < 4.78 is 0. The zero-order chi connectivity index (χ0) is 14.0. The third kappa shape index (κ3) is 3.01. The molecule has 0 spiro atoms. The number of aliphatic carboxylic acids is 1. The van der Waals surface area contributed by atoms with Gasteiger partial charge in [0.25, 0.3) is 0 Å². The molecule has 102 valence electrons. The fraction of sp³-hybridized carbons (Fsp3) is 0.467. The molecule has 19 heavy (non-hydrogen) atoms. The summed E-state index contributed by atoms with van der Waals surface area (Å²) in [6, 6.07) is 7.17. The van der Waals surface area contributed by atoms with E-state index in [2.05, 4.69) is 0 Å². The topological polar surface area (TPSA) is 74.6 Å². The van der Waals surface area contributed by atoms with Crippen LogP contribution >= 0.6 is 0 Å². The van der Waals surface area contributed by atoms with Gasteiger partial charge >= 0.3 is 5.97 Å². The van der Waals surface area contributed by atoms with Crippen molar-refractivity contribution in [2.75, 3.05) is 0 Å². The maximum absolute atomic E-state index is 12.4. The van der Waals surface area contributed by atoms with Crippen LogP contribution in [-0.4, -0.2) is 28.1 Å². The van der Waals surface area contributed by atoms with Gasteiger partial charge in [-0.3, -0.25) is 9.59 Å². The molecule has 0 aliphatic heterocycles. The number of carboxylic acids is 1. The number of aliphatic hydroxyl groups excluding tert-OH is 1. The predicted molar refractivity (Wildman–Crippen MR) is 70.0 cm³/mol. The summed E-state index contributed by atoms with van der Waals surface area (Å²) in [5.74, 6) is -2.43. The molecule has 1 aromatic rings. The molecule has 1 aliphatic rings. The number of Topliss-reactive ketones (excluding diaryl/α,β-unsaturated/α-hetero) is 1. The summed E-state index contributed by atoms with van der Waals surface area (Å²) in [4.78, 5) is 23.6. The zero-order valence-electron chi connectivity index (χ0n) is 10.9. The number of hydrogen-bond donors (Lipinski definition) is 2. The maximum Gasteiger partial charge on any atom is 0.307 e. The number of aryl methyl sites for hydroxylation is 1. The van der Waals surface area contributed by atoms with E-state index in [0.717, 1.165) is 5.56 Å². The molecule has 0 bridgehead atoms. The predicted octanol–water partition coefficient (Wildman–Crippen LogP) is 2.04. The van der Waals surface area contributed by atoms with Gasteiger partial charge in [-0.25, -0.2) is 0 Å². The molecule has 0 radical (unpaired) electrons. The van der Waals surface area contributed by atoms with E-state index in [9.17, 15) is 19.8 Å². The smallest absolute Gasteiger partial charge is 0.307 e. The van der Waals surface area contributed by atoms with Crippen LogP contribution in [-0.2, 0) is 4.79 Å². The lowest BCUT2D eigenvalue weighted by atomic mass is 9.74. The lowest BCUT2D eigenvalue weighted by Crippen LogP contribution is -2.37. The van der Waals surface area contributed by atoms with Crippen LogP contribution < -0.4 is 0 Å². The largest absolute Gasteiger partial charge is 0.481 e. The molecule has 0 amide bonds. The first-order valence-corrected chi connectivity index (χ1v) is 6.51. The van der Waals surface area contributed by atoms with Crippen LogP contribution in [0.25, 0.3) is 0 Å². The van der Waals surface area contributed by atoms with E-state index in [4.69, 9.17) is 0 Å². The SMILES string of the molecule is Cc1ccc(C(=O)[C@@H]2CC[C@@H](O)C[C@H]2C(=O)O)cc1. The number of hydrogen-bond acceptors (Lipinski definition) is 3. The van der Waals surface area contributed by atoms with Crippen LogP contribution in [0.5, 0.6) is 0 Å². The van der Waals surface area contributed by atoms with Crippen molar-refractivity contribution in [1.29, 1.82) is 0 Å². The Labute approximate surface area is 112 Å². The minimum Gasteiger partial charge on any atom is -0.481 e. The summed E-state index contributed by atoms with van der Waals surface area (Å²) in [7, 11) is 0. The third-order valence-corrected chi connectivity index (χ3v) is 3.81. The first-order chi connectivity index (χ1) is 8.99. The molecule has 0 saturated heterocycles. The average Bonchev–Trinajstić information content (AvgIpc) is 2.38. The fourth-order valence-corrected chi connectivity index (χ4v) is 2.67. The molecular formula is C15H18O4. The highest BCUT2D eigenvalue weighted by molar-refractivity contribution is 6.00. The minimum atomic E-state index is -0.996. The number of ketones is 1. The molecule has 1 saturated carbocycles. The molecular weight excluding hydrogens is 244 g/mol. The number of benzene rings is 1. The number of carbonyl (C=O) groups excluding carboxylic acids is 1. The van der Waals surface area contributed by atoms with Crippen molar-refractivity contribution in [2.24, 2.45) is 11.8 Å². The molecule has 1 fully saturated rings. The van der Waals surface area contributed by atoms with Gasteiger partial charge < -0.3 is 10.2 Å². The fourth-order valence-electron chi connectivity index (χ4n) is 2.67. The van der Waals surface area contributed by atoms with E-state index in [0.29, 0.717) is 18.4 Å². The Morgan fingerprint density at radius 3 is 2.32 bits per heavy atom. The van der Waals surface area contributed by atoms with Gasteiger partial charge in [-0.2, -0.15) is 0 Å². The van der Waals surface area contributed by atoms with Crippen LogP contribution in [0.15, 0.2) is 24.3 Å². The van der Waals surface area contributed by atoms with E-state index < -0.39 is 23.9 Å². The maximum atomic E-state index is 12.4. The van der Waals surface area contributed by atoms with Gasteiger partial charge in [0.05, 0.1) is 12.0 Å². The Morgan fingerprint density at radius 2 is 1.74 bits per heavy atom. The third-order valence-electron chi connectivity index (χ3n) is 3.81. The quantitative estimate of drug-likeness (QED) is 0.817. The Morgan fingerprint density at radius 1 is 1.11 bits per heavy atom. The van der Waals surface area contributed by atoms with Gasteiger partial charge in [0.1, 0.15) is 0 Å². The van der Waals surface area contributed by atoms with Crippen LogP contribution in [0, 0.1) is 18.8 Å². The molecule has 0 unspecified atom stereocenters. The number of aliphatic hydroxyl groups is 1. The van der Waals surface area contributed by atoms with Crippen LogP contribution in [0.3, 0.4) is 0 Å². The molecule has 1 aliphatic carbocycles. The van der Waals surface area contributed by atoms with E-state index in [1.54, 1.807) is 12.1 Å². The molecule has 0 heterocycles. The lowest BCUT2D eigenvalue weighted by Gasteiger charge is -2.30. The van der Waals surface area contributed by atoms with Crippen molar-refractivity contribution in [3.8, 4) is 0 Å². The van der Waals surface area contributed by atoms with E-state index in [1.165, 1.54) is 0 Å². The van der Waals surface area contributed by atoms with Crippen molar-refractivity contribution < 1.29 is 19.8 Å². The molecule has 2 N–H and O–H groups in total. The molecule has 0 aromatic heterocycles. The molecule has 4 nitrogen and oxygen atoms in total.